The Morgan fingerprint density at radius 3 is 2.80 bits per heavy atom. The number of nitrogens with zero attached hydrogens (tertiary/aromatic N) is 4. The molecule has 136 valence electrons. The molecule has 8 nitrogen and oxygen atoms in total. The van der Waals surface area contributed by atoms with E-state index in [2.05, 4.69) is 15.4 Å². The summed E-state index contributed by atoms with van der Waals surface area (Å²) in [6, 6.07) is 0. The second kappa shape index (κ2) is 6.42. The van der Waals surface area contributed by atoms with E-state index in [0.717, 1.165) is 23.9 Å². The summed E-state index contributed by atoms with van der Waals surface area (Å²) in [6.45, 7) is 1.33. The fraction of sp³-hybridized carbons (Fsp3) is 0.706. The molecule has 2 heterocycles. The molecule has 0 bridgehead atoms. The molecule has 2 aliphatic rings. The summed E-state index contributed by atoms with van der Waals surface area (Å²) in [7, 11) is 3.40. The van der Waals surface area contributed by atoms with Gasteiger partial charge in [0, 0.05) is 32.5 Å². The van der Waals surface area contributed by atoms with Crippen molar-refractivity contribution in [3.63, 3.8) is 0 Å². The highest BCUT2D eigenvalue weighted by atomic mass is 16.4. The van der Waals surface area contributed by atoms with E-state index in [1.54, 1.807) is 24.9 Å². The molecule has 2 N–H and O–H groups in total. The minimum atomic E-state index is -0.383. The van der Waals surface area contributed by atoms with Crippen LogP contribution in [0.1, 0.15) is 55.0 Å². The zero-order valence-electron chi connectivity index (χ0n) is 14.7. The maximum Gasteiger partial charge on any atom is 0.345 e. The molecule has 2 aromatic heterocycles. The number of aliphatic hydroxyl groups is 1. The number of hydrogen-bond acceptors (Lipinski definition) is 6. The van der Waals surface area contributed by atoms with Gasteiger partial charge in [-0.05, 0) is 31.6 Å². The Kier molecular flexibility index (Phi) is 4.24. The van der Waals surface area contributed by atoms with E-state index in [4.69, 9.17) is 4.42 Å². The molecular weight excluding hydrogens is 322 g/mol. The SMILES string of the molecule is Cn1nc([C@H]2C[C@H](CNCc3cnc(C4CC4)o3)[C@H](O)C2)n(C)c1=O. The van der Waals surface area contributed by atoms with Gasteiger partial charge in [0.25, 0.3) is 0 Å². The van der Waals surface area contributed by atoms with Gasteiger partial charge in [-0.2, -0.15) is 5.10 Å². The largest absolute Gasteiger partial charge is 0.444 e. The Morgan fingerprint density at radius 2 is 2.12 bits per heavy atom. The van der Waals surface area contributed by atoms with Crippen LogP contribution in [0.25, 0.3) is 0 Å². The molecule has 0 aliphatic heterocycles. The van der Waals surface area contributed by atoms with Crippen LogP contribution in [-0.4, -0.2) is 37.1 Å². The summed E-state index contributed by atoms with van der Waals surface area (Å²) in [4.78, 5) is 16.2. The molecule has 25 heavy (non-hydrogen) atoms. The molecule has 2 fully saturated rings. The van der Waals surface area contributed by atoms with Crippen LogP contribution < -0.4 is 11.0 Å². The predicted molar refractivity (Wildman–Crippen MR) is 90.1 cm³/mol. The predicted octanol–water partition coefficient (Wildman–Crippen LogP) is 0.628. The highest BCUT2D eigenvalue weighted by Gasteiger charge is 2.36. The molecule has 2 aliphatic carbocycles. The van der Waals surface area contributed by atoms with E-state index in [1.807, 2.05) is 0 Å². The van der Waals surface area contributed by atoms with Crippen LogP contribution in [0.4, 0.5) is 0 Å². The Bertz CT molecular complexity index is 804. The molecule has 8 heteroatoms. The molecule has 4 rings (SSSR count). The van der Waals surface area contributed by atoms with Gasteiger partial charge in [-0.25, -0.2) is 14.5 Å². The van der Waals surface area contributed by atoms with E-state index >= 15 is 0 Å². The van der Waals surface area contributed by atoms with Gasteiger partial charge in [-0.15, -0.1) is 0 Å². The number of rotatable bonds is 6. The lowest BCUT2D eigenvalue weighted by molar-refractivity contribution is 0.130. The van der Waals surface area contributed by atoms with Gasteiger partial charge in [-0.1, -0.05) is 0 Å². The molecule has 0 aromatic carbocycles. The van der Waals surface area contributed by atoms with Gasteiger partial charge in [0.15, 0.2) is 5.89 Å². The fourth-order valence-electron chi connectivity index (χ4n) is 3.77. The van der Waals surface area contributed by atoms with E-state index in [-0.39, 0.29) is 23.6 Å². The first-order chi connectivity index (χ1) is 12.0. The van der Waals surface area contributed by atoms with E-state index in [9.17, 15) is 9.90 Å². The quantitative estimate of drug-likeness (QED) is 0.795. The topological polar surface area (TPSA) is 98.1 Å². The van der Waals surface area contributed by atoms with E-state index in [1.165, 1.54) is 17.5 Å². The minimum Gasteiger partial charge on any atom is -0.444 e. The zero-order valence-corrected chi connectivity index (χ0v) is 14.7. The van der Waals surface area contributed by atoms with Crippen LogP contribution in [0.3, 0.4) is 0 Å². The Morgan fingerprint density at radius 1 is 1.32 bits per heavy atom. The average molecular weight is 347 g/mol. The second-order valence-electron chi connectivity index (χ2n) is 7.39. The summed E-state index contributed by atoms with van der Waals surface area (Å²) in [5.74, 6) is 3.25. The van der Waals surface area contributed by atoms with Crippen molar-refractivity contribution in [2.75, 3.05) is 6.54 Å². The number of nitrogens with one attached hydrogen (secondary N) is 1. The third kappa shape index (κ3) is 3.28. The van der Waals surface area contributed by atoms with Crippen LogP contribution in [-0.2, 0) is 20.6 Å². The van der Waals surface area contributed by atoms with Gasteiger partial charge in [0.2, 0.25) is 0 Å². The summed E-state index contributed by atoms with van der Waals surface area (Å²) >= 11 is 0. The standard InChI is InChI=1S/C17H25N5O3/c1-21-15(20-22(2)17(21)24)11-5-12(14(23)6-11)7-18-8-13-9-19-16(25-13)10-3-4-10/h9-12,14,18,23H,3-8H2,1-2H3/t11-,12+,14+/m0/s1. The lowest BCUT2D eigenvalue weighted by atomic mass is 10.0. The molecule has 3 atom stereocenters. The summed E-state index contributed by atoms with van der Waals surface area (Å²) in [5.41, 5.74) is -0.122. The minimum absolute atomic E-state index is 0.118. The van der Waals surface area contributed by atoms with Crippen LogP contribution in [0.5, 0.6) is 0 Å². The molecule has 2 aromatic rings. The number of hydrogen-bond donors (Lipinski definition) is 2. The monoisotopic (exact) mass is 347 g/mol. The molecule has 0 unspecified atom stereocenters. The number of aromatic nitrogens is 4. The highest BCUT2D eigenvalue weighted by Crippen LogP contribution is 2.39. The molecule has 0 spiro atoms. The average Bonchev–Trinajstić information content (AvgIpc) is 3.15. The fourth-order valence-corrected chi connectivity index (χ4v) is 3.77. The smallest absolute Gasteiger partial charge is 0.345 e. The van der Waals surface area contributed by atoms with Crippen LogP contribution in [0.15, 0.2) is 15.4 Å². The van der Waals surface area contributed by atoms with Crippen LogP contribution in [0.2, 0.25) is 0 Å². The molecule has 2 saturated carbocycles. The highest BCUT2D eigenvalue weighted by molar-refractivity contribution is 5.06. The van der Waals surface area contributed by atoms with Crippen molar-refractivity contribution in [1.29, 1.82) is 0 Å². The molecule has 0 radical (unpaired) electrons. The Balaban J connectivity index is 1.32. The van der Waals surface area contributed by atoms with Gasteiger partial charge in [-0.3, -0.25) is 4.57 Å². The normalized spacial score (nSPS) is 26.4. The lowest BCUT2D eigenvalue weighted by Crippen LogP contribution is -2.27. The third-order valence-electron chi connectivity index (χ3n) is 5.39. The van der Waals surface area contributed by atoms with Crippen LogP contribution in [0, 0.1) is 5.92 Å². The van der Waals surface area contributed by atoms with Crippen molar-refractivity contribution in [2.45, 2.75) is 50.2 Å². The van der Waals surface area contributed by atoms with Gasteiger partial charge >= 0.3 is 5.69 Å². The zero-order chi connectivity index (χ0) is 17.6. The Labute approximate surface area is 145 Å². The van der Waals surface area contributed by atoms with Crippen molar-refractivity contribution in [1.82, 2.24) is 24.6 Å². The molecular formula is C17H25N5O3. The summed E-state index contributed by atoms with van der Waals surface area (Å²) < 4.78 is 8.67. The van der Waals surface area contributed by atoms with Crippen LogP contribution >= 0.6 is 0 Å². The Hall–Kier alpha value is -1.93. The van der Waals surface area contributed by atoms with E-state index < -0.39 is 0 Å². The van der Waals surface area contributed by atoms with Crippen molar-refractivity contribution >= 4 is 0 Å². The molecule has 0 saturated heterocycles. The van der Waals surface area contributed by atoms with Crippen molar-refractivity contribution in [3.05, 3.63) is 34.2 Å². The maximum absolute atomic E-state index is 11.9. The summed E-state index contributed by atoms with van der Waals surface area (Å²) in [6.07, 6.45) is 5.23. The van der Waals surface area contributed by atoms with E-state index in [0.29, 0.717) is 25.4 Å². The first-order valence-electron chi connectivity index (χ1n) is 8.96. The number of aliphatic hydroxyl groups excluding tert-OH is 1. The first-order valence-corrected chi connectivity index (χ1v) is 8.96. The van der Waals surface area contributed by atoms with Gasteiger partial charge in [0.05, 0.1) is 18.8 Å². The lowest BCUT2D eigenvalue weighted by Gasteiger charge is -2.14. The van der Waals surface area contributed by atoms with Crippen molar-refractivity contribution in [2.24, 2.45) is 20.0 Å². The first kappa shape index (κ1) is 16.5. The number of oxazole rings is 1. The van der Waals surface area contributed by atoms with Gasteiger partial charge in [0.1, 0.15) is 11.6 Å². The third-order valence-corrected chi connectivity index (χ3v) is 5.39. The van der Waals surface area contributed by atoms with Crippen molar-refractivity contribution in [3.8, 4) is 0 Å². The van der Waals surface area contributed by atoms with Gasteiger partial charge < -0.3 is 14.8 Å². The molecule has 0 amide bonds. The second-order valence-corrected chi connectivity index (χ2v) is 7.39. The van der Waals surface area contributed by atoms with Crippen molar-refractivity contribution < 1.29 is 9.52 Å². The number of aryl methyl sites for hydroxylation is 1. The summed E-state index contributed by atoms with van der Waals surface area (Å²) in [5, 5.41) is 18.1. The maximum atomic E-state index is 11.9.